The van der Waals surface area contributed by atoms with Crippen molar-refractivity contribution in [3.8, 4) is 0 Å². The van der Waals surface area contributed by atoms with Crippen LogP contribution in [0.1, 0.15) is 29.7 Å². The van der Waals surface area contributed by atoms with Crippen molar-refractivity contribution >= 4 is 45.3 Å². The summed E-state index contributed by atoms with van der Waals surface area (Å²) in [7, 11) is 0. The fourth-order valence-corrected chi connectivity index (χ4v) is 4.88. The fourth-order valence-electron chi connectivity index (χ4n) is 2.67. The maximum Gasteiger partial charge on any atom is 0.317 e. The summed E-state index contributed by atoms with van der Waals surface area (Å²) in [5.74, 6) is -2.45. The van der Waals surface area contributed by atoms with E-state index in [4.69, 9.17) is 10.2 Å². The second kappa shape index (κ2) is 6.32. The Morgan fingerprint density at radius 2 is 2.04 bits per heavy atom. The van der Waals surface area contributed by atoms with Crippen LogP contribution in [0.5, 0.6) is 0 Å². The predicted octanol–water partition coefficient (Wildman–Crippen LogP) is 1.88. The first-order chi connectivity index (χ1) is 11.0. The molecule has 3 rings (SSSR count). The normalized spacial score (nSPS) is 15.3. The number of carbonyl (C=O) groups is 2. The van der Waals surface area contributed by atoms with Crippen molar-refractivity contribution in [1.82, 2.24) is 9.97 Å². The van der Waals surface area contributed by atoms with E-state index in [0.717, 1.165) is 43.0 Å². The Morgan fingerprint density at radius 1 is 1.30 bits per heavy atom. The van der Waals surface area contributed by atoms with Gasteiger partial charge in [-0.05, 0) is 31.2 Å². The van der Waals surface area contributed by atoms with E-state index in [1.54, 1.807) is 0 Å². The summed E-state index contributed by atoms with van der Waals surface area (Å²) in [6.07, 6.45) is 3.41. The third-order valence-corrected chi connectivity index (χ3v) is 5.95. The highest BCUT2D eigenvalue weighted by molar-refractivity contribution is 8.00. The molecule has 1 aliphatic carbocycles. The van der Waals surface area contributed by atoms with Crippen LogP contribution in [-0.2, 0) is 22.4 Å². The van der Waals surface area contributed by atoms with Crippen molar-refractivity contribution in [2.24, 2.45) is 0 Å². The first kappa shape index (κ1) is 16.0. The average molecular weight is 354 g/mol. The van der Waals surface area contributed by atoms with Crippen molar-refractivity contribution in [2.75, 3.05) is 0 Å². The number of hydrogen-bond acceptors (Lipinski definition) is 6. The van der Waals surface area contributed by atoms with Crippen LogP contribution >= 0.6 is 23.1 Å². The van der Waals surface area contributed by atoms with E-state index in [0.29, 0.717) is 10.2 Å². The lowest BCUT2D eigenvalue weighted by Crippen LogP contribution is -2.21. The summed E-state index contributed by atoms with van der Waals surface area (Å²) in [4.78, 5) is 42.9. The Hall–Kier alpha value is -1.87. The van der Waals surface area contributed by atoms with Crippen LogP contribution in [-0.4, -0.2) is 37.4 Å². The number of rotatable bonds is 5. The molecule has 23 heavy (non-hydrogen) atoms. The number of thiophene rings is 1. The largest absolute Gasteiger partial charge is 0.481 e. The molecule has 0 unspecified atom stereocenters. The Morgan fingerprint density at radius 3 is 2.74 bits per heavy atom. The lowest BCUT2D eigenvalue weighted by Gasteiger charge is -2.10. The van der Waals surface area contributed by atoms with Crippen molar-refractivity contribution in [2.45, 2.75) is 42.5 Å². The maximum atomic E-state index is 12.3. The number of aromatic nitrogens is 2. The molecule has 0 amide bonds. The van der Waals surface area contributed by atoms with Crippen molar-refractivity contribution in [3.05, 3.63) is 20.8 Å². The highest BCUT2D eigenvalue weighted by Crippen LogP contribution is 2.34. The number of fused-ring (bicyclic) bond motifs is 3. The summed E-state index contributed by atoms with van der Waals surface area (Å²) < 4.78 is 0. The van der Waals surface area contributed by atoms with Gasteiger partial charge < -0.3 is 15.2 Å². The van der Waals surface area contributed by atoms with Crippen LogP contribution < -0.4 is 5.56 Å². The van der Waals surface area contributed by atoms with Crippen molar-refractivity contribution in [3.63, 3.8) is 0 Å². The molecule has 1 aliphatic rings. The van der Waals surface area contributed by atoms with Gasteiger partial charge >= 0.3 is 11.9 Å². The summed E-state index contributed by atoms with van der Waals surface area (Å²) in [5.41, 5.74) is 0.776. The number of nitrogens with zero attached hydrogens (tertiary/aromatic N) is 1. The van der Waals surface area contributed by atoms with Gasteiger partial charge in [-0.3, -0.25) is 14.4 Å². The molecule has 9 heteroatoms. The second-order valence-corrected chi connectivity index (χ2v) is 7.58. The van der Waals surface area contributed by atoms with E-state index in [1.165, 1.54) is 16.2 Å². The van der Waals surface area contributed by atoms with Gasteiger partial charge in [-0.1, -0.05) is 11.8 Å². The molecular formula is C14H14N2O5S2. The van der Waals surface area contributed by atoms with Gasteiger partial charge in [-0.2, -0.15) is 0 Å². The zero-order chi connectivity index (χ0) is 16.6. The minimum Gasteiger partial charge on any atom is -0.481 e. The lowest BCUT2D eigenvalue weighted by molar-refractivity contribution is -0.142. The van der Waals surface area contributed by atoms with E-state index in [1.807, 2.05) is 0 Å². The third kappa shape index (κ3) is 3.25. The molecule has 2 aromatic heterocycles. The van der Waals surface area contributed by atoms with Crippen LogP contribution in [0.25, 0.3) is 10.2 Å². The fraction of sp³-hybridized carbons (Fsp3) is 0.429. The van der Waals surface area contributed by atoms with Crippen LogP contribution in [0, 0.1) is 0 Å². The topological polar surface area (TPSA) is 120 Å². The van der Waals surface area contributed by atoms with Crippen LogP contribution in [0.15, 0.2) is 9.95 Å². The van der Waals surface area contributed by atoms with Gasteiger partial charge in [0.25, 0.3) is 5.56 Å². The number of nitrogens with one attached hydrogen (secondary N) is 1. The highest BCUT2D eigenvalue weighted by atomic mass is 32.2. The minimum atomic E-state index is -1.24. The van der Waals surface area contributed by atoms with Crippen LogP contribution in [0.4, 0.5) is 0 Å². The molecule has 0 spiro atoms. The molecule has 7 nitrogen and oxygen atoms in total. The molecule has 0 saturated heterocycles. The first-order valence-corrected chi connectivity index (χ1v) is 8.81. The third-order valence-electron chi connectivity index (χ3n) is 3.69. The van der Waals surface area contributed by atoms with Gasteiger partial charge in [0.2, 0.25) is 0 Å². The number of aromatic amines is 1. The van der Waals surface area contributed by atoms with Crippen molar-refractivity contribution in [1.29, 1.82) is 0 Å². The summed E-state index contributed by atoms with van der Waals surface area (Å²) in [6.45, 7) is 0. The van der Waals surface area contributed by atoms with Gasteiger partial charge in [0, 0.05) is 4.88 Å². The molecule has 0 fully saturated rings. The molecule has 122 valence electrons. The number of aryl methyl sites for hydroxylation is 2. The smallest absolute Gasteiger partial charge is 0.317 e. The number of carboxylic acids is 2. The maximum absolute atomic E-state index is 12.3. The number of carboxylic acid groups (broad SMARTS) is 2. The Kier molecular flexibility index (Phi) is 4.40. The van der Waals surface area contributed by atoms with Gasteiger partial charge in [-0.15, -0.1) is 11.3 Å². The number of H-pyrrole nitrogens is 1. The predicted molar refractivity (Wildman–Crippen MR) is 86.4 cm³/mol. The Balaban J connectivity index is 1.98. The molecule has 2 aromatic rings. The average Bonchev–Trinajstić information content (AvgIpc) is 2.84. The van der Waals surface area contributed by atoms with Gasteiger partial charge in [-0.25, -0.2) is 4.98 Å². The Labute approximate surface area is 138 Å². The second-order valence-electron chi connectivity index (χ2n) is 5.30. The zero-order valence-electron chi connectivity index (χ0n) is 12.0. The van der Waals surface area contributed by atoms with Crippen molar-refractivity contribution < 1.29 is 19.8 Å². The highest BCUT2D eigenvalue weighted by Gasteiger charge is 2.25. The standard InChI is InChI=1S/C14H14N2O5S2/c17-9(18)5-8(13(20)21)23-14-15-11(19)10-6-3-1-2-4-7(6)22-12(10)16-14/h8H,1-5H2,(H,17,18)(H,20,21)(H,15,16,19)/t8-/m0/s1. The van der Waals surface area contributed by atoms with E-state index in [-0.39, 0.29) is 10.7 Å². The lowest BCUT2D eigenvalue weighted by atomic mass is 9.97. The SMILES string of the molecule is O=C(O)C[C@H](Sc1nc2sc3c(c2c(=O)[nH]1)CCCC3)C(=O)O. The zero-order valence-corrected chi connectivity index (χ0v) is 13.6. The molecule has 0 aliphatic heterocycles. The van der Waals surface area contributed by atoms with Crippen LogP contribution in [0.3, 0.4) is 0 Å². The summed E-state index contributed by atoms with van der Waals surface area (Å²) in [5, 5.41) is 17.4. The van der Waals surface area contributed by atoms with Gasteiger partial charge in [0.05, 0.1) is 11.8 Å². The molecule has 0 aromatic carbocycles. The molecule has 0 saturated carbocycles. The summed E-state index contributed by atoms with van der Waals surface area (Å²) >= 11 is 2.23. The number of aliphatic carboxylic acids is 2. The summed E-state index contributed by atoms with van der Waals surface area (Å²) in [6, 6.07) is 0. The molecule has 1 atom stereocenters. The molecular weight excluding hydrogens is 340 g/mol. The Bertz CT molecular complexity index is 842. The van der Waals surface area contributed by atoms with Gasteiger partial charge in [0.15, 0.2) is 5.16 Å². The van der Waals surface area contributed by atoms with Crippen LogP contribution in [0.2, 0.25) is 0 Å². The molecule has 2 heterocycles. The van der Waals surface area contributed by atoms with E-state index in [9.17, 15) is 14.4 Å². The number of hydrogen-bond donors (Lipinski definition) is 3. The van der Waals surface area contributed by atoms with E-state index in [2.05, 4.69) is 9.97 Å². The van der Waals surface area contributed by atoms with Gasteiger partial charge in [0.1, 0.15) is 10.1 Å². The molecule has 0 bridgehead atoms. The first-order valence-electron chi connectivity index (χ1n) is 7.11. The minimum absolute atomic E-state index is 0.148. The van der Waals surface area contributed by atoms with E-state index < -0.39 is 23.6 Å². The van der Waals surface area contributed by atoms with E-state index >= 15 is 0 Å². The monoisotopic (exact) mass is 354 g/mol. The number of thioether (sulfide) groups is 1. The quantitative estimate of drug-likeness (QED) is 0.554. The molecule has 0 radical (unpaired) electrons. The molecule has 3 N–H and O–H groups in total.